The summed E-state index contributed by atoms with van der Waals surface area (Å²) in [6.45, 7) is 0. The molecule has 0 spiro atoms. The van der Waals surface area contributed by atoms with E-state index in [2.05, 4.69) is 16.2 Å². The maximum absolute atomic E-state index is 12.3. The molecule has 1 heterocycles. The monoisotopic (exact) mass is 428 g/mol. The Morgan fingerprint density at radius 3 is 2.57 bits per heavy atom. The summed E-state index contributed by atoms with van der Waals surface area (Å²) in [4.78, 5) is 48.1. The summed E-state index contributed by atoms with van der Waals surface area (Å²) in [6.07, 6.45) is -1.91. The van der Waals surface area contributed by atoms with Crippen LogP contribution in [-0.4, -0.2) is 35.7 Å². The first kappa shape index (κ1) is 21.0. The Kier molecular flexibility index (Phi) is 5.80. The fourth-order valence-electron chi connectivity index (χ4n) is 3.04. The molecule has 0 radical (unpaired) electrons. The number of nitrogens with zero attached hydrogens (tertiary/aromatic N) is 2. The lowest BCUT2D eigenvalue weighted by Gasteiger charge is -2.35. The number of rotatable bonds is 3. The van der Waals surface area contributed by atoms with E-state index in [1.165, 1.54) is 23.9 Å². The quantitative estimate of drug-likeness (QED) is 0.498. The molecule has 3 rings (SSSR count). The lowest BCUT2D eigenvalue weighted by atomic mass is 9.63. The number of benzene rings is 1. The van der Waals surface area contributed by atoms with Crippen molar-refractivity contribution in [2.24, 2.45) is 17.1 Å². The first-order valence-corrected chi connectivity index (χ1v) is 9.72. The zero-order chi connectivity index (χ0) is 21.9. The summed E-state index contributed by atoms with van der Waals surface area (Å²) in [5, 5.41) is 20.5. The van der Waals surface area contributed by atoms with E-state index in [1.807, 2.05) is 12.1 Å². The lowest BCUT2D eigenvalue weighted by molar-refractivity contribution is -0.130. The number of hydrogen-bond donors (Lipinski definition) is 4. The van der Waals surface area contributed by atoms with Crippen LogP contribution in [0.15, 0.2) is 23.1 Å². The molecule has 1 aliphatic heterocycles. The van der Waals surface area contributed by atoms with Crippen LogP contribution in [0, 0.1) is 34.0 Å². The van der Waals surface area contributed by atoms with Gasteiger partial charge in [-0.1, -0.05) is 0 Å². The molecule has 1 aliphatic carbocycles. The summed E-state index contributed by atoms with van der Waals surface area (Å²) in [5.74, 6) is -2.05. The highest BCUT2D eigenvalue weighted by atomic mass is 32.2. The van der Waals surface area contributed by atoms with Crippen molar-refractivity contribution < 1.29 is 23.9 Å². The first-order valence-electron chi connectivity index (χ1n) is 8.73. The van der Waals surface area contributed by atoms with E-state index in [9.17, 15) is 19.2 Å². The minimum atomic E-state index is -1.14. The van der Waals surface area contributed by atoms with Crippen LogP contribution in [0.5, 0.6) is 0 Å². The van der Waals surface area contributed by atoms with Crippen LogP contribution in [0.1, 0.15) is 23.2 Å². The van der Waals surface area contributed by atoms with Crippen molar-refractivity contribution in [1.29, 1.82) is 10.5 Å². The van der Waals surface area contributed by atoms with Gasteiger partial charge in [0.1, 0.15) is 5.41 Å². The molecular weight excluding hydrogens is 412 g/mol. The molecule has 30 heavy (non-hydrogen) atoms. The summed E-state index contributed by atoms with van der Waals surface area (Å²) >= 11 is 1.25. The molecule has 1 aromatic carbocycles. The number of ether oxygens (including phenoxy) is 1. The lowest BCUT2D eigenvalue weighted by Crippen LogP contribution is -2.50. The molecule has 5 N–H and O–H groups in total. The third-order valence-electron chi connectivity index (χ3n) is 4.73. The smallest absolute Gasteiger partial charge is 0.405 e. The van der Waals surface area contributed by atoms with Crippen LogP contribution in [0.3, 0.4) is 0 Å². The van der Waals surface area contributed by atoms with Crippen LogP contribution in [-0.2, 0) is 14.3 Å². The van der Waals surface area contributed by atoms with Crippen molar-refractivity contribution >= 4 is 41.3 Å². The largest absolute Gasteiger partial charge is 0.435 e. The highest BCUT2D eigenvalue weighted by Gasteiger charge is 2.48. The fraction of sp³-hybridized carbons (Fsp3) is 0.333. The summed E-state index contributed by atoms with van der Waals surface area (Å²) in [7, 11) is 0. The molecule has 1 aromatic rings. The number of hydrogen-bond acceptors (Lipinski definition) is 8. The van der Waals surface area contributed by atoms with Crippen LogP contribution >= 0.6 is 11.8 Å². The van der Waals surface area contributed by atoms with Gasteiger partial charge >= 0.3 is 6.09 Å². The van der Waals surface area contributed by atoms with E-state index in [0.29, 0.717) is 10.6 Å². The van der Waals surface area contributed by atoms with Gasteiger partial charge < -0.3 is 15.8 Å². The molecule has 11 nitrogen and oxygen atoms in total. The van der Waals surface area contributed by atoms with E-state index in [0.717, 1.165) is 0 Å². The molecule has 0 saturated heterocycles. The van der Waals surface area contributed by atoms with Gasteiger partial charge in [-0.15, -0.1) is 11.8 Å². The first-order chi connectivity index (χ1) is 14.3. The minimum absolute atomic E-state index is 0.109. The fourth-order valence-corrected chi connectivity index (χ4v) is 4.02. The van der Waals surface area contributed by atoms with Gasteiger partial charge in [0.15, 0.2) is 6.10 Å². The average molecular weight is 428 g/mol. The van der Waals surface area contributed by atoms with Crippen LogP contribution in [0.25, 0.3) is 0 Å². The molecule has 1 atom stereocenters. The molecule has 1 saturated carbocycles. The molecular formula is C18H16N6O5S. The zero-order valence-electron chi connectivity index (χ0n) is 15.4. The van der Waals surface area contributed by atoms with Crippen molar-refractivity contribution in [2.75, 3.05) is 11.1 Å². The third-order valence-corrected chi connectivity index (χ3v) is 5.86. The Labute approximate surface area is 174 Å². The standard InChI is InChI=1S/C18H16N6O5S/c19-7-18(8-20)4-10(5-18)15(26)24-23-14(25)9-1-2-13-11(3-9)22-16(27)12(6-30-13)29-17(21)28/h1-3,10,12H,4-6H2,(H2,21,28)(H,22,27)(H,23,25)(H,24,26)/t12-/m0/s1. The molecule has 0 bridgehead atoms. The van der Waals surface area contributed by atoms with Gasteiger partial charge in [0, 0.05) is 22.1 Å². The third kappa shape index (κ3) is 4.29. The van der Waals surface area contributed by atoms with Gasteiger partial charge in [-0.25, -0.2) is 4.79 Å². The van der Waals surface area contributed by atoms with Gasteiger partial charge in [0.05, 0.1) is 17.8 Å². The normalized spacial score (nSPS) is 19.4. The van der Waals surface area contributed by atoms with Crippen LogP contribution in [0.2, 0.25) is 0 Å². The molecule has 154 valence electrons. The van der Waals surface area contributed by atoms with E-state index in [-0.39, 0.29) is 24.2 Å². The molecule has 2 aliphatic rings. The van der Waals surface area contributed by atoms with E-state index >= 15 is 0 Å². The second-order valence-electron chi connectivity index (χ2n) is 6.79. The Hall–Kier alpha value is -3.77. The van der Waals surface area contributed by atoms with E-state index < -0.39 is 41.3 Å². The zero-order valence-corrected chi connectivity index (χ0v) is 16.2. The molecule has 1 fully saturated rings. The number of nitrogens with one attached hydrogen (secondary N) is 3. The van der Waals surface area contributed by atoms with Crippen molar-refractivity contribution in [2.45, 2.75) is 23.8 Å². The van der Waals surface area contributed by atoms with Crippen molar-refractivity contribution in [3.63, 3.8) is 0 Å². The van der Waals surface area contributed by atoms with Crippen molar-refractivity contribution in [3.05, 3.63) is 23.8 Å². The van der Waals surface area contributed by atoms with Gasteiger partial charge in [-0.05, 0) is 31.0 Å². The number of hydrazine groups is 1. The van der Waals surface area contributed by atoms with E-state index in [1.54, 1.807) is 6.07 Å². The van der Waals surface area contributed by atoms with Crippen LogP contribution in [0.4, 0.5) is 10.5 Å². The maximum Gasteiger partial charge on any atom is 0.405 e. The Bertz CT molecular complexity index is 991. The summed E-state index contributed by atoms with van der Waals surface area (Å²) in [6, 6.07) is 8.33. The average Bonchev–Trinajstić information content (AvgIpc) is 2.84. The number of anilines is 1. The SMILES string of the molecule is N#CC1(C#N)CC(C(=O)NNC(=O)c2ccc3c(c2)NC(=O)[C@@H](OC(N)=O)CS3)C1. The number of thioether (sulfide) groups is 1. The minimum Gasteiger partial charge on any atom is -0.435 e. The number of nitrogens with two attached hydrogens (primary N) is 1. The van der Waals surface area contributed by atoms with Gasteiger partial charge in [0.2, 0.25) is 5.91 Å². The second kappa shape index (κ2) is 8.31. The predicted molar refractivity (Wildman–Crippen MR) is 102 cm³/mol. The summed E-state index contributed by atoms with van der Waals surface area (Å²) in [5.41, 5.74) is 8.88. The maximum atomic E-state index is 12.3. The van der Waals surface area contributed by atoms with Crippen LogP contribution < -0.4 is 21.9 Å². The topological polar surface area (TPSA) is 187 Å². The summed E-state index contributed by atoms with van der Waals surface area (Å²) < 4.78 is 4.77. The molecule has 0 unspecified atom stereocenters. The molecule has 4 amide bonds. The predicted octanol–water partition coefficient (Wildman–Crippen LogP) is 0.399. The number of amides is 4. The van der Waals surface area contributed by atoms with Crippen molar-refractivity contribution in [1.82, 2.24) is 10.9 Å². The van der Waals surface area contributed by atoms with Gasteiger partial charge in [0.25, 0.3) is 11.8 Å². The Balaban J connectivity index is 1.59. The number of carbonyl (C=O) groups is 4. The number of nitriles is 2. The highest BCUT2D eigenvalue weighted by molar-refractivity contribution is 7.99. The number of carbonyl (C=O) groups excluding carboxylic acids is 4. The Morgan fingerprint density at radius 2 is 1.93 bits per heavy atom. The van der Waals surface area contributed by atoms with Gasteiger partial charge in [-0.2, -0.15) is 10.5 Å². The van der Waals surface area contributed by atoms with Gasteiger partial charge in [-0.3, -0.25) is 25.2 Å². The van der Waals surface area contributed by atoms with E-state index in [4.69, 9.17) is 21.0 Å². The second-order valence-corrected chi connectivity index (χ2v) is 7.85. The number of fused-ring (bicyclic) bond motifs is 1. The molecule has 0 aromatic heterocycles. The Morgan fingerprint density at radius 1 is 1.23 bits per heavy atom. The highest BCUT2D eigenvalue weighted by Crippen LogP contribution is 2.44. The van der Waals surface area contributed by atoms with Crippen molar-refractivity contribution in [3.8, 4) is 12.1 Å². The molecule has 12 heteroatoms. The number of primary amides is 1.